The second kappa shape index (κ2) is 3.71. The number of nitrogens with zero attached hydrogens (tertiary/aromatic N) is 1. The van der Waals surface area contributed by atoms with E-state index in [9.17, 15) is 0 Å². The molecule has 84 valence electrons. The van der Waals surface area contributed by atoms with Crippen LogP contribution < -0.4 is 11.1 Å². The van der Waals surface area contributed by atoms with Gasteiger partial charge in [-0.15, -0.1) is 0 Å². The maximum atomic E-state index is 5.72. The summed E-state index contributed by atoms with van der Waals surface area (Å²) in [7, 11) is 0. The molecule has 2 aromatic rings. The summed E-state index contributed by atoms with van der Waals surface area (Å²) in [4.78, 5) is 4.34. The number of nitrogen functional groups attached to an aromatic ring is 1. The summed E-state index contributed by atoms with van der Waals surface area (Å²) in [6.07, 6.45) is 2.26. The first-order valence-corrected chi connectivity index (χ1v) is 6.49. The Bertz CT molecular complexity index is 489. The van der Waals surface area contributed by atoms with Crippen molar-refractivity contribution in [1.29, 1.82) is 0 Å². The normalized spacial score (nSPS) is 19.2. The van der Waals surface area contributed by atoms with Crippen molar-refractivity contribution in [3.63, 3.8) is 0 Å². The fraction of sp³-hybridized carbons (Fsp3) is 0.417. The standard InChI is InChI=1S/C12H15N3S/c1-2-14-9-3-7-5-10-11(6-8(7)4-9)16-12(13)15-10/h5-6,9,14H,2-4H2,1H3,(H2,13,15)/t9-/m1/s1. The molecule has 0 amide bonds. The van der Waals surface area contributed by atoms with Gasteiger partial charge in [-0.2, -0.15) is 0 Å². The number of aromatic nitrogens is 1. The highest BCUT2D eigenvalue weighted by Crippen LogP contribution is 2.31. The van der Waals surface area contributed by atoms with E-state index >= 15 is 0 Å². The Balaban J connectivity index is 2.00. The number of fused-ring (bicyclic) bond motifs is 2. The van der Waals surface area contributed by atoms with Gasteiger partial charge in [0.15, 0.2) is 5.13 Å². The fourth-order valence-electron chi connectivity index (χ4n) is 2.49. The molecule has 1 aromatic carbocycles. The molecule has 0 unspecified atom stereocenters. The zero-order chi connectivity index (χ0) is 11.1. The van der Waals surface area contributed by atoms with E-state index in [4.69, 9.17) is 5.73 Å². The molecule has 1 aliphatic carbocycles. The third-order valence-electron chi connectivity index (χ3n) is 3.15. The zero-order valence-electron chi connectivity index (χ0n) is 9.29. The minimum Gasteiger partial charge on any atom is -0.375 e. The van der Waals surface area contributed by atoms with Crippen LogP contribution in [-0.2, 0) is 12.8 Å². The number of benzene rings is 1. The van der Waals surface area contributed by atoms with Crippen molar-refractivity contribution in [1.82, 2.24) is 10.3 Å². The first-order valence-electron chi connectivity index (χ1n) is 5.67. The predicted molar refractivity (Wildman–Crippen MR) is 68.9 cm³/mol. The van der Waals surface area contributed by atoms with Gasteiger partial charge in [-0.3, -0.25) is 0 Å². The second-order valence-electron chi connectivity index (χ2n) is 4.30. The largest absolute Gasteiger partial charge is 0.375 e. The van der Waals surface area contributed by atoms with Crippen molar-refractivity contribution in [2.24, 2.45) is 0 Å². The summed E-state index contributed by atoms with van der Waals surface area (Å²) in [6.45, 7) is 3.20. The molecule has 16 heavy (non-hydrogen) atoms. The zero-order valence-corrected chi connectivity index (χ0v) is 10.1. The number of anilines is 1. The highest BCUT2D eigenvalue weighted by Gasteiger charge is 2.21. The minimum absolute atomic E-state index is 0.605. The van der Waals surface area contributed by atoms with Gasteiger partial charge in [0.1, 0.15) is 0 Å². The van der Waals surface area contributed by atoms with Gasteiger partial charge in [-0.05, 0) is 42.6 Å². The van der Waals surface area contributed by atoms with Crippen molar-refractivity contribution in [2.75, 3.05) is 12.3 Å². The Labute approximate surface area is 98.7 Å². The van der Waals surface area contributed by atoms with Gasteiger partial charge in [0.25, 0.3) is 0 Å². The number of likely N-dealkylation sites (N-methyl/N-ethyl adjacent to an activating group) is 1. The van der Waals surface area contributed by atoms with Gasteiger partial charge in [0.2, 0.25) is 0 Å². The van der Waals surface area contributed by atoms with E-state index in [1.54, 1.807) is 11.3 Å². The summed E-state index contributed by atoms with van der Waals surface area (Å²) >= 11 is 1.58. The third-order valence-corrected chi connectivity index (χ3v) is 4.00. The Morgan fingerprint density at radius 1 is 1.44 bits per heavy atom. The molecule has 4 heteroatoms. The van der Waals surface area contributed by atoms with Crippen molar-refractivity contribution in [3.8, 4) is 0 Å². The van der Waals surface area contributed by atoms with E-state index in [0.717, 1.165) is 24.9 Å². The van der Waals surface area contributed by atoms with Crippen molar-refractivity contribution in [2.45, 2.75) is 25.8 Å². The van der Waals surface area contributed by atoms with Crippen LogP contribution in [0.1, 0.15) is 18.1 Å². The highest BCUT2D eigenvalue weighted by molar-refractivity contribution is 7.22. The lowest BCUT2D eigenvalue weighted by Gasteiger charge is -2.08. The van der Waals surface area contributed by atoms with E-state index in [1.165, 1.54) is 15.8 Å². The lowest BCUT2D eigenvalue weighted by atomic mass is 10.1. The lowest BCUT2D eigenvalue weighted by Crippen LogP contribution is -2.28. The van der Waals surface area contributed by atoms with Crippen LogP contribution in [0.5, 0.6) is 0 Å². The quantitative estimate of drug-likeness (QED) is 0.833. The van der Waals surface area contributed by atoms with E-state index in [1.807, 2.05) is 0 Å². The molecule has 3 nitrogen and oxygen atoms in total. The Hall–Kier alpha value is -1.13. The molecular weight excluding hydrogens is 218 g/mol. The van der Waals surface area contributed by atoms with Gasteiger partial charge >= 0.3 is 0 Å². The van der Waals surface area contributed by atoms with Crippen LogP contribution in [0.2, 0.25) is 0 Å². The number of hydrogen-bond acceptors (Lipinski definition) is 4. The van der Waals surface area contributed by atoms with Crippen molar-refractivity contribution in [3.05, 3.63) is 23.3 Å². The number of nitrogens with one attached hydrogen (secondary N) is 1. The van der Waals surface area contributed by atoms with Crippen LogP contribution in [0.4, 0.5) is 5.13 Å². The van der Waals surface area contributed by atoms with Crippen molar-refractivity contribution < 1.29 is 0 Å². The minimum atomic E-state index is 0.605. The summed E-state index contributed by atoms with van der Waals surface area (Å²) < 4.78 is 1.22. The Morgan fingerprint density at radius 3 is 2.94 bits per heavy atom. The van der Waals surface area contributed by atoms with Crippen LogP contribution in [0.25, 0.3) is 10.2 Å². The molecule has 0 bridgehead atoms. The molecule has 1 heterocycles. The monoisotopic (exact) mass is 233 g/mol. The SMILES string of the molecule is CCN[C@@H]1Cc2cc3nc(N)sc3cc2C1. The molecule has 0 radical (unpaired) electrons. The third kappa shape index (κ3) is 1.58. The van der Waals surface area contributed by atoms with Crippen LogP contribution in [0.3, 0.4) is 0 Å². The maximum Gasteiger partial charge on any atom is 0.181 e. The fourth-order valence-corrected chi connectivity index (χ4v) is 3.27. The molecule has 0 saturated carbocycles. The van der Waals surface area contributed by atoms with Gasteiger partial charge < -0.3 is 11.1 Å². The van der Waals surface area contributed by atoms with Gasteiger partial charge in [-0.25, -0.2) is 4.98 Å². The molecule has 1 aromatic heterocycles. The van der Waals surface area contributed by atoms with E-state index < -0.39 is 0 Å². The Morgan fingerprint density at radius 2 is 2.19 bits per heavy atom. The molecule has 0 aliphatic heterocycles. The lowest BCUT2D eigenvalue weighted by molar-refractivity contribution is 0.552. The molecule has 3 rings (SSSR count). The van der Waals surface area contributed by atoms with Crippen LogP contribution in [0.15, 0.2) is 12.1 Å². The smallest absolute Gasteiger partial charge is 0.181 e. The molecule has 1 aliphatic rings. The maximum absolute atomic E-state index is 5.72. The van der Waals surface area contributed by atoms with E-state index in [0.29, 0.717) is 11.2 Å². The summed E-state index contributed by atoms with van der Waals surface area (Å²) in [6, 6.07) is 5.07. The van der Waals surface area contributed by atoms with Gasteiger partial charge in [-0.1, -0.05) is 18.3 Å². The number of thiazole rings is 1. The van der Waals surface area contributed by atoms with Crippen LogP contribution >= 0.6 is 11.3 Å². The summed E-state index contributed by atoms with van der Waals surface area (Å²) in [5.41, 5.74) is 9.67. The van der Waals surface area contributed by atoms with Crippen molar-refractivity contribution >= 4 is 26.7 Å². The van der Waals surface area contributed by atoms with Gasteiger partial charge in [0, 0.05) is 6.04 Å². The number of nitrogens with two attached hydrogens (primary N) is 1. The van der Waals surface area contributed by atoms with Crippen LogP contribution in [-0.4, -0.2) is 17.6 Å². The average Bonchev–Trinajstić information content (AvgIpc) is 2.75. The van der Waals surface area contributed by atoms with E-state index in [2.05, 4.69) is 29.4 Å². The summed E-state index contributed by atoms with van der Waals surface area (Å²) in [5, 5.41) is 4.18. The number of rotatable bonds is 2. The first-order chi connectivity index (χ1) is 7.76. The Kier molecular flexibility index (Phi) is 2.33. The topological polar surface area (TPSA) is 50.9 Å². The average molecular weight is 233 g/mol. The molecule has 3 N–H and O–H groups in total. The molecule has 0 spiro atoms. The summed E-state index contributed by atoms with van der Waals surface area (Å²) in [5.74, 6) is 0. The van der Waals surface area contributed by atoms with Crippen LogP contribution in [0, 0.1) is 0 Å². The molecule has 1 atom stereocenters. The molecule has 0 saturated heterocycles. The first kappa shape index (κ1) is 10.1. The number of hydrogen-bond donors (Lipinski definition) is 2. The molecular formula is C12H15N3S. The van der Waals surface area contributed by atoms with E-state index in [-0.39, 0.29) is 0 Å². The molecule has 0 fully saturated rings. The highest BCUT2D eigenvalue weighted by atomic mass is 32.1. The predicted octanol–water partition coefficient (Wildman–Crippen LogP) is 1.96. The second-order valence-corrected chi connectivity index (χ2v) is 5.37. The van der Waals surface area contributed by atoms with Gasteiger partial charge in [0.05, 0.1) is 10.2 Å².